The van der Waals surface area contributed by atoms with E-state index in [0.717, 1.165) is 22.8 Å². The molecule has 2 aromatic rings. The van der Waals surface area contributed by atoms with Gasteiger partial charge in [-0.25, -0.2) is 9.37 Å². The Morgan fingerprint density at radius 3 is 2.85 bits per heavy atom. The number of rotatable bonds is 3. The molecule has 2 unspecified atom stereocenters. The van der Waals surface area contributed by atoms with Crippen molar-refractivity contribution < 1.29 is 9.13 Å². The summed E-state index contributed by atoms with van der Waals surface area (Å²) in [6, 6.07) is 7.41. The molecule has 0 saturated heterocycles. The quantitative estimate of drug-likeness (QED) is 0.937. The molecular weight excluding hydrogens is 257 g/mol. The second-order valence-corrected chi connectivity index (χ2v) is 5.03. The highest BCUT2D eigenvalue weighted by Gasteiger charge is 2.26. The van der Waals surface area contributed by atoms with Crippen molar-refractivity contribution in [2.45, 2.75) is 32.1 Å². The van der Waals surface area contributed by atoms with Crippen molar-refractivity contribution in [2.24, 2.45) is 5.73 Å². The Balaban J connectivity index is 1.89. The van der Waals surface area contributed by atoms with Gasteiger partial charge in [-0.15, -0.1) is 0 Å². The van der Waals surface area contributed by atoms with Crippen LogP contribution in [0.2, 0.25) is 0 Å². The van der Waals surface area contributed by atoms with Crippen LogP contribution < -0.4 is 10.5 Å². The zero-order chi connectivity index (χ0) is 14.1. The molecule has 0 radical (unpaired) electrons. The number of imidazole rings is 1. The summed E-state index contributed by atoms with van der Waals surface area (Å²) in [6.07, 6.45) is 1.33. The molecule has 0 amide bonds. The van der Waals surface area contributed by atoms with E-state index in [2.05, 4.69) is 4.98 Å². The van der Waals surface area contributed by atoms with Crippen LogP contribution >= 0.6 is 0 Å². The van der Waals surface area contributed by atoms with Gasteiger partial charge in [0.1, 0.15) is 17.7 Å². The summed E-state index contributed by atoms with van der Waals surface area (Å²) in [7, 11) is 0. The minimum Gasteiger partial charge on any atom is -0.494 e. The summed E-state index contributed by atoms with van der Waals surface area (Å²) in [5, 5.41) is 0. The molecule has 106 valence electrons. The number of ether oxygens (including phenoxy) is 1. The van der Waals surface area contributed by atoms with Crippen molar-refractivity contribution in [3.8, 4) is 17.0 Å². The molecule has 1 aliphatic rings. The van der Waals surface area contributed by atoms with Crippen molar-refractivity contribution in [3.05, 3.63) is 36.3 Å². The van der Waals surface area contributed by atoms with E-state index in [1.165, 1.54) is 0 Å². The topological polar surface area (TPSA) is 53.1 Å². The van der Waals surface area contributed by atoms with Crippen LogP contribution in [0.1, 0.15) is 25.2 Å². The monoisotopic (exact) mass is 275 g/mol. The van der Waals surface area contributed by atoms with Crippen molar-refractivity contribution in [3.63, 3.8) is 0 Å². The number of halogens is 1. The van der Waals surface area contributed by atoms with E-state index in [4.69, 9.17) is 10.5 Å². The Labute approximate surface area is 117 Å². The van der Waals surface area contributed by atoms with Crippen LogP contribution in [-0.2, 0) is 6.54 Å². The molecular formula is C15H18FN3O. The smallest absolute Gasteiger partial charge is 0.126 e. The minimum absolute atomic E-state index is 0.324. The molecule has 2 heterocycles. The molecule has 2 N–H and O–H groups in total. The van der Waals surface area contributed by atoms with Crippen LogP contribution in [0.4, 0.5) is 4.39 Å². The summed E-state index contributed by atoms with van der Waals surface area (Å²) in [6.45, 7) is 2.93. The molecule has 0 fully saturated rings. The van der Waals surface area contributed by atoms with Crippen LogP contribution in [-0.4, -0.2) is 22.3 Å². The lowest BCUT2D eigenvalue weighted by atomic mass is 10.1. The van der Waals surface area contributed by atoms with E-state index < -0.39 is 6.17 Å². The number of nitrogens with two attached hydrogens (primary N) is 1. The molecule has 3 rings (SSSR count). The maximum absolute atomic E-state index is 13.5. The molecule has 0 bridgehead atoms. The Kier molecular flexibility index (Phi) is 3.44. The average Bonchev–Trinajstić information content (AvgIpc) is 2.84. The van der Waals surface area contributed by atoms with Crippen molar-refractivity contribution >= 4 is 0 Å². The Bertz CT molecular complexity index is 594. The van der Waals surface area contributed by atoms with Crippen LogP contribution in [0.3, 0.4) is 0 Å². The van der Waals surface area contributed by atoms with Crippen LogP contribution in [0.15, 0.2) is 30.5 Å². The highest BCUT2D eigenvalue weighted by Crippen LogP contribution is 2.28. The number of hydrogen-bond acceptors (Lipinski definition) is 3. The third kappa shape index (κ3) is 2.41. The number of hydrogen-bond donors (Lipinski definition) is 1. The van der Waals surface area contributed by atoms with E-state index in [1.807, 2.05) is 42.0 Å². The fourth-order valence-electron chi connectivity index (χ4n) is 2.57. The lowest BCUT2D eigenvalue weighted by Crippen LogP contribution is -2.29. The molecule has 0 saturated carbocycles. The lowest BCUT2D eigenvalue weighted by Gasteiger charge is -2.22. The normalized spacial score (nSPS) is 21.6. The predicted molar refractivity (Wildman–Crippen MR) is 75.3 cm³/mol. The lowest BCUT2D eigenvalue weighted by molar-refractivity contribution is 0.230. The second-order valence-electron chi connectivity index (χ2n) is 5.03. The van der Waals surface area contributed by atoms with E-state index in [9.17, 15) is 4.39 Å². The molecule has 5 heteroatoms. The fourth-order valence-corrected chi connectivity index (χ4v) is 2.57. The first kappa shape index (κ1) is 13.1. The third-order valence-corrected chi connectivity index (χ3v) is 3.50. The third-order valence-electron chi connectivity index (χ3n) is 3.50. The van der Waals surface area contributed by atoms with Gasteiger partial charge in [0.15, 0.2) is 0 Å². The number of benzene rings is 1. The standard InChI is InChI=1S/C15H18FN3O/c1-2-20-12-5-3-10(4-6-12)14-9-19-8-11(16)7-13(17)15(19)18-14/h3-6,9,11,13H,2,7-8,17H2,1H3. The SMILES string of the molecule is CCOc1ccc(-c2cn3c(n2)C(N)CC(F)C3)cc1. The van der Waals surface area contributed by atoms with E-state index in [1.54, 1.807) is 0 Å². The van der Waals surface area contributed by atoms with Gasteiger partial charge in [-0.3, -0.25) is 0 Å². The first-order valence-corrected chi connectivity index (χ1v) is 6.87. The van der Waals surface area contributed by atoms with Gasteiger partial charge in [-0.1, -0.05) is 0 Å². The van der Waals surface area contributed by atoms with Crippen molar-refractivity contribution in [1.29, 1.82) is 0 Å². The highest BCUT2D eigenvalue weighted by atomic mass is 19.1. The van der Waals surface area contributed by atoms with Gasteiger partial charge in [-0.05, 0) is 31.2 Å². The van der Waals surface area contributed by atoms with Gasteiger partial charge in [0.05, 0.1) is 24.9 Å². The van der Waals surface area contributed by atoms with Crippen LogP contribution in [0.5, 0.6) is 5.75 Å². The number of fused-ring (bicyclic) bond motifs is 1. The number of alkyl halides is 1. The van der Waals surface area contributed by atoms with E-state index >= 15 is 0 Å². The van der Waals surface area contributed by atoms with E-state index in [0.29, 0.717) is 19.6 Å². The summed E-state index contributed by atoms with van der Waals surface area (Å²) in [4.78, 5) is 4.54. The fraction of sp³-hybridized carbons (Fsp3) is 0.400. The second kappa shape index (κ2) is 5.25. The zero-order valence-electron chi connectivity index (χ0n) is 11.4. The number of aromatic nitrogens is 2. The van der Waals surface area contributed by atoms with Gasteiger partial charge < -0.3 is 15.0 Å². The minimum atomic E-state index is -0.889. The molecule has 1 aromatic carbocycles. The van der Waals surface area contributed by atoms with E-state index in [-0.39, 0.29) is 6.04 Å². The Morgan fingerprint density at radius 2 is 2.15 bits per heavy atom. The summed E-state index contributed by atoms with van der Waals surface area (Å²) >= 11 is 0. The summed E-state index contributed by atoms with van der Waals surface area (Å²) < 4.78 is 20.8. The van der Waals surface area contributed by atoms with Crippen molar-refractivity contribution in [2.75, 3.05) is 6.61 Å². The van der Waals surface area contributed by atoms with Crippen LogP contribution in [0, 0.1) is 0 Å². The predicted octanol–water partition coefficient (Wildman–Crippen LogP) is 2.69. The maximum Gasteiger partial charge on any atom is 0.126 e. The van der Waals surface area contributed by atoms with Gasteiger partial charge >= 0.3 is 0 Å². The van der Waals surface area contributed by atoms with Gasteiger partial charge in [0.25, 0.3) is 0 Å². The zero-order valence-corrected chi connectivity index (χ0v) is 11.4. The molecule has 0 aliphatic carbocycles. The molecule has 2 atom stereocenters. The van der Waals surface area contributed by atoms with Gasteiger partial charge in [0.2, 0.25) is 0 Å². The van der Waals surface area contributed by atoms with Gasteiger partial charge in [-0.2, -0.15) is 0 Å². The van der Waals surface area contributed by atoms with Crippen LogP contribution in [0.25, 0.3) is 11.3 Å². The largest absolute Gasteiger partial charge is 0.494 e. The molecule has 20 heavy (non-hydrogen) atoms. The van der Waals surface area contributed by atoms with Gasteiger partial charge in [0, 0.05) is 18.2 Å². The molecule has 0 spiro atoms. The first-order valence-electron chi connectivity index (χ1n) is 6.87. The molecule has 1 aliphatic heterocycles. The summed E-state index contributed by atoms with van der Waals surface area (Å²) in [5.74, 6) is 1.60. The Hall–Kier alpha value is -1.88. The first-order chi connectivity index (χ1) is 9.67. The molecule has 4 nitrogen and oxygen atoms in total. The maximum atomic E-state index is 13.5. The average molecular weight is 275 g/mol. The molecule has 1 aromatic heterocycles. The number of nitrogens with zero attached hydrogens (tertiary/aromatic N) is 2. The Morgan fingerprint density at radius 1 is 1.40 bits per heavy atom. The van der Waals surface area contributed by atoms with Crippen molar-refractivity contribution in [1.82, 2.24) is 9.55 Å². The summed E-state index contributed by atoms with van der Waals surface area (Å²) in [5.41, 5.74) is 7.76. The highest BCUT2D eigenvalue weighted by molar-refractivity contribution is 5.60.